The highest BCUT2D eigenvalue weighted by Crippen LogP contribution is 2.32. The first-order chi connectivity index (χ1) is 44.6. The fourth-order valence-electron chi connectivity index (χ4n) is 8.80. The lowest BCUT2D eigenvalue weighted by Crippen LogP contribution is -2.36. The first kappa shape index (κ1) is 67.0. The number of fused-ring (bicyclic) bond motifs is 1. The maximum atomic E-state index is 13.2. The molecule has 2 fully saturated rings. The lowest BCUT2D eigenvalue weighted by Gasteiger charge is -2.17. The van der Waals surface area contributed by atoms with Crippen LogP contribution in [0, 0.1) is 0 Å². The van der Waals surface area contributed by atoms with Gasteiger partial charge in [0.2, 0.25) is 0 Å². The second-order valence-electron chi connectivity index (χ2n) is 20.2. The van der Waals surface area contributed by atoms with E-state index in [1.165, 1.54) is 146 Å². The highest BCUT2D eigenvalue weighted by atomic mass is 16.7. The molecular weight excluding hydrogens is 1200 g/mol. The lowest BCUT2D eigenvalue weighted by atomic mass is 10.1. The van der Waals surface area contributed by atoms with Gasteiger partial charge >= 0.3 is 60.1 Å². The van der Waals surface area contributed by atoms with Gasteiger partial charge in [-0.15, -0.1) is 0 Å². The zero-order chi connectivity index (χ0) is 65.2. The second kappa shape index (κ2) is 34.1. The minimum Gasteiger partial charge on any atom is -0.463 e. The summed E-state index contributed by atoms with van der Waals surface area (Å²) in [6, 6.07) is 33.7. The second-order valence-corrected chi connectivity index (χ2v) is 20.2. The summed E-state index contributed by atoms with van der Waals surface area (Å²) in [4.78, 5) is 124. The molecule has 0 saturated carbocycles. The van der Waals surface area contributed by atoms with Crippen LogP contribution in [-0.2, 0) is 47.5 Å². The molecule has 92 heavy (non-hydrogen) atoms. The third kappa shape index (κ3) is 20.5. The Morgan fingerprint density at radius 1 is 0.315 bits per heavy atom. The van der Waals surface area contributed by atoms with Crippen LogP contribution in [0.1, 0.15) is 114 Å². The summed E-state index contributed by atoms with van der Waals surface area (Å²) < 4.78 is 75.3. The first-order valence-electron chi connectivity index (χ1n) is 29.0. The monoisotopic (exact) mass is 1260 g/mol. The van der Waals surface area contributed by atoms with Crippen LogP contribution < -0.4 is 28.4 Å². The zero-order valence-electron chi connectivity index (χ0n) is 49.4. The maximum Gasteiger partial charge on any atom is 0.513 e. The number of ether oxygens (including phenoxy) is 14. The molecule has 0 aromatic heterocycles. The minimum atomic E-state index is -0.904. The van der Waals surface area contributed by atoms with Crippen molar-refractivity contribution in [1.82, 2.24) is 0 Å². The van der Waals surface area contributed by atoms with Gasteiger partial charge in [0.25, 0.3) is 0 Å². The lowest BCUT2D eigenvalue weighted by molar-refractivity contribution is -0.138. The van der Waals surface area contributed by atoms with Crippen molar-refractivity contribution < 1.29 is 114 Å². The molecule has 0 bridgehead atoms. The zero-order valence-corrected chi connectivity index (χ0v) is 49.4. The Hall–Kier alpha value is -11.0. The van der Waals surface area contributed by atoms with Crippen molar-refractivity contribution in [2.75, 3.05) is 39.6 Å². The maximum absolute atomic E-state index is 13.2. The fraction of sp³-hybridized carbons (Fsp3) is 0.265. The molecule has 0 amide bonds. The van der Waals surface area contributed by atoms with Crippen molar-refractivity contribution in [2.24, 2.45) is 0 Å². The molecule has 0 N–H and O–H groups in total. The van der Waals surface area contributed by atoms with E-state index < -0.39 is 84.5 Å². The summed E-state index contributed by atoms with van der Waals surface area (Å²) in [5, 5.41) is 0. The molecule has 6 aromatic rings. The van der Waals surface area contributed by atoms with E-state index in [-0.39, 0.29) is 108 Å². The number of unbranched alkanes of at least 4 members (excludes halogenated alkanes) is 6. The molecule has 0 radical (unpaired) electrons. The van der Waals surface area contributed by atoms with Gasteiger partial charge in [-0.3, -0.25) is 0 Å². The Bertz CT molecular complexity index is 3330. The van der Waals surface area contributed by atoms with E-state index in [0.29, 0.717) is 25.7 Å². The van der Waals surface area contributed by atoms with Gasteiger partial charge < -0.3 is 66.3 Å². The molecule has 0 aliphatic carbocycles. The summed E-state index contributed by atoms with van der Waals surface area (Å²) in [7, 11) is 0. The smallest absolute Gasteiger partial charge is 0.463 e. The van der Waals surface area contributed by atoms with Crippen molar-refractivity contribution in [3.63, 3.8) is 0 Å². The highest BCUT2D eigenvalue weighted by molar-refractivity contribution is 5.95. The van der Waals surface area contributed by atoms with Crippen LogP contribution in [0.2, 0.25) is 0 Å². The normalized spacial score (nSPS) is 15.2. The van der Waals surface area contributed by atoms with Crippen LogP contribution in [0.25, 0.3) is 0 Å². The molecule has 6 aromatic carbocycles. The Balaban J connectivity index is 0.694. The summed E-state index contributed by atoms with van der Waals surface area (Å²) in [5.74, 6) is -4.45. The average Bonchev–Trinajstić information content (AvgIpc) is 1.71. The van der Waals surface area contributed by atoms with E-state index in [0.717, 1.165) is 37.8 Å². The highest BCUT2D eigenvalue weighted by Gasteiger charge is 2.51. The van der Waals surface area contributed by atoms with Crippen molar-refractivity contribution in [1.29, 1.82) is 0 Å². The number of carbonyl (C=O) groups excluding carboxylic acids is 10. The van der Waals surface area contributed by atoms with Gasteiger partial charge in [-0.05, 0) is 197 Å². The standard InChI is InChI=1S/C68H62O24/c1-3-57(69)79-37-9-5-7-11-39-81-67(77)89-53-33-21-45(22-34-53)63(73)85-49-25-13-43(14-26-49)61(71)87-51-29-17-47(18-30-51)65(75)91-55-41-83-60-56(42-84-59(55)60)92-66(76)48-19-31-52(32-20-48)88-62(72)44-15-27-50(28-16-44)86-64(74)46-23-35-54(36-24-46)90-68(78)82-40-12-8-6-10-38-80-58(70)4-2/h3-4,13-36,55-56,59-60H,1-2,5-12,37-42H2/t55-,56?,59?,60?/m0/s1. The van der Waals surface area contributed by atoms with E-state index >= 15 is 0 Å². The molecule has 24 nitrogen and oxygen atoms in total. The Kier molecular flexibility index (Phi) is 24.8. The van der Waals surface area contributed by atoms with Gasteiger partial charge in [-0.25, -0.2) is 47.9 Å². The Morgan fingerprint density at radius 2 is 0.543 bits per heavy atom. The van der Waals surface area contributed by atoms with E-state index in [4.69, 9.17) is 66.3 Å². The van der Waals surface area contributed by atoms with Crippen molar-refractivity contribution >= 4 is 60.1 Å². The molecule has 24 heteroatoms. The SMILES string of the molecule is C=CC(=O)OCCCCCCOC(=O)Oc1ccc(C(=O)Oc2ccc(C(=O)Oc3ccc(C(=O)OC4COC5C4OC[C@@H]5OC(=O)c4ccc(OC(=O)c5ccc(OC(=O)c6ccc(OC(=O)OCCCCCCOC(=O)C=C)cc6)cc5)cc4)cc3)cc2)cc1. The third-order valence-electron chi connectivity index (χ3n) is 13.6. The summed E-state index contributed by atoms with van der Waals surface area (Å²) in [6.07, 6.45) is 2.82. The molecule has 2 aliphatic heterocycles. The van der Waals surface area contributed by atoms with Crippen LogP contribution >= 0.6 is 0 Å². The van der Waals surface area contributed by atoms with E-state index in [1.807, 2.05) is 0 Å². The molecule has 2 aliphatic rings. The van der Waals surface area contributed by atoms with E-state index in [2.05, 4.69) is 13.2 Å². The predicted octanol–water partition coefficient (Wildman–Crippen LogP) is 10.7. The molecule has 0 spiro atoms. The molecule has 4 atom stereocenters. The van der Waals surface area contributed by atoms with Crippen LogP contribution in [0.5, 0.6) is 34.5 Å². The van der Waals surface area contributed by atoms with Crippen LogP contribution in [-0.4, -0.2) is 124 Å². The number of carbonyl (C=O) groups is 10. The van der Waals surface area contributed by atoms with Gasteiger partial charge in [0.1, 0.15) is 46.7 Å². The van der Waals surface area contributed by atoms with Gasteiger partial charge in [0.05, 0.1) is 73.0 Å². The Morgan fingerprint density at radius 3 is 0.793 bits per heavy atom. The fourth-order valence-corrected chi connectivity index (χ4v) is 8.80. The summed E-state index contributed by atoms with van der Waals surface area (Å²) in [6.45, 7) is 7.44. The molecule has 478 valence electrons. The molecule has 3 unspecified atom stereocenters. The van der Waals surface area contributed by atoms with Crippen molar-refractivity contribution in [3.8, 4) is 34.5 Å². The average molecular weight is 1260 g/mol. The minimum absolute atomic E-state index is 0.0412. The number of hydrogen-bond acceptors (Lipinski definition) is 24. The van der Waals surface area contributed by atoms with Crippen molar-refractivity contribution in [2.45, 2.75) is 75.8 Å². The van der Waals surface area contributed by atoms with Crippen molar-refractivity contribution in [3.05, 3.63) is 204 Å². The summed E-state index contributed by atoms with van der Waals surface area (Å²) >= 11 is 0. The third-order valence-corrected chi connectivity index (χ3v) is 13.6. The van der Waals surface area contributed by atoms with Crippen LogP contribution in [0.4, 0.5) is 9.59 Å². The van der Waals surface area contributed by atoms with Crippen LogP contribution in [0.15, 0.2) is 171 Å². The molecule has 8 rings (SSSR count). The van der Waals surface area contributed by atoms with Crippen LogP contribution in [0.3, 0.4) is 0 Å². The largest absolute Gasteiger partial charge is 0.513 e. The van der Waals surface area contributed by atoms with Gasteiger partial charge in [-0.1, -0.05) is 13.2 Å². The summed E-state index contributed by atoms with van der Waals surface area (Å²) in [5.41, 5.74) is 0.855. The predicted molar refractivity (Wildman–Crippen MR) is 320 cm³/mol. The Labute approximate surface area is 526 Å². The molecule has 2 heterocycles. The van der Waals surface area contributed by atoms with Gasteiger partial charge in [-0.2, -0.15) is 0 Å². The number of benzene rings is 6. The van der Waals surface area contributed by atoms with E-state index in [1.54, 1.807) is 0 Å². The molecular formula is C68H62O24. The first-order valence-corrected chi connectivity index (χ1v) is 29.0. The number of hydrogen-bond donors (Lipinski definition) is 0. The number of rotatable bonds is 30. The molecule has 2 saturated heterocycles. The topological polar surface area (TPSA) is 300 Å². The van der Waals surface area contributed by atoms with Gasteiger partial charge in [0, 0.05) is 12.2 Å². The quantitative estimate of drug-likeness (QED) is 0.0101. The van der Waals surface area contributed by atoms with E-state index in [9.17, 15) is 47.9 Å². The van der Waals surface area contributed by atoms with Gasteiger partial charge in [0.15, 0.2) is 12.2 Å². The number of esters is 8.